The summed E-state index contributed by atoms with van der Waals surface area (Å²) in [5.74, 6) is 0.429. The van der Waals surface area contributed by atoms with Crippen molar-refractivity contribution in [2.24, 2.45) is 4.99 Å². The van der Waals surface area contributed by atoms with E-state index in [1.807, 2.05) is 12.2 Å². The maximum absolute atomic E-state index is 11.9. The Morgan fingerprint density at radius 3 is 2.41 bits per heavy atom. The van der Waals surface area contributed by atoms with Crippen LogP contribution in [0.4, 0.5) is 13.2 Å². The molecular formula is C10H17F3IN3. The summed E-state index contributed by atoms with van der Waals surface area (Å²) >= 11 is 0. The molecule has 0 bridgehead atoms. The summed E-state index contributed by atoms with van der Waals surface area (Å²) in [7, 11) is 1.55. The zero-order chi connectivity index (χ0) is 12.0. The van der Waals surface area contributed by atoms with Gasteiger partial charge < -0.3 is 10.6 Å². The maximum atomic E-state index is 11.9. The Labute approximate surface area is 116 Å². The number of alkyl halides is 3. The molecule has 0 unspecified atom stereocenters. The van der Waals surface area contributed by atoms with Crippen molar-refractivity contribution < 1.29 is 13.2 Å². The van der Waals surface area contributed by atoms with Crippen molar-refractivity contribution in [3.63, 3.8) is 0 Å². The fourth-order valence-electron chi connectivity index (χ4n) is 1.45. The molecule has 1 rings (SSSR count). The van der Waals surface area contributed by atoms with Gasteiger partial charge in [0.05, 0.1) is 6.42 Å². The molecule has 0 radical (unpaired) electrons. The quantitative estimate of drug-likeness (QED) is 0.350. The van der Waals surface area contributed by atoms with Crippen LogP contribution in [-0.4, -0.2) is 31.8 Å². The minimum Gasteiger partial charge on any atom is -0.356 e. The van der Waals surface area contributed by atoms with Gasteiger partial charge in [-0.25, -0.2) is 0 Å². The van der Waals surface area contributed by atoms with Crippen molar-refractivity contribution in [3.8, 4) is 0 Å². The summed E-state index contributed by atoms with van der Waals surface area (Å²) in [4.78, 5) is 3.87. The van der Waals surface area contributed by atoms with Gasteiger partial charge in [-0.2, -0.15) is 13.2 Å². The van der Waals surface area contributed by atoms with E-state index in [-0.39, 0.29) is 36.6 Å². The average Bonchev–Trinajstić information content (AvgIpc) is 2.67. The summed E-state index contributed by atoms with van der Waals surface area (Å²) in [6.07, 6.45) is 0.888. The number of nitrogens with zero attached hydrogens (tertiary/aromatic N) is 1. The first-order chi connectivity index (χ1) is 7.51. The fraction of sp³-hybridized carbons (Fsp3) is 0.700. The molecule has 0 amide bonds. The first kappa shape index (κ1) is 16.5. The molecule has 0 saturated carbocycles. The lowest BCUT2D eigenvalue weighted by Crippen LogP contribution is -2.43. The third-order valence-corrected chi connectivity index (χ3v) is 2.27. The Morgan fingerprint density at radius 2 is 1.94 bits per heavy atom. The molecule has 2 N–H and O–H groups in total. The minimum absolute atomic E-state index is 0. The van der Waals surface area contributed by atoms with Crippen LogP contribution in [0.15, 0.2) is 17.1 Å². The van der Waals surface area contributed by atoms with Crippen LogP contribution in [0.3, 0.4) is 0 Å². The molecule has 17 heavy (non-hydrogen) atoms. The van der Waals surface area contributed by atoms with Gasteiger partial charge in [-0.15, -0.1) is 24.0 Å². The normalized spacial score (nSPS) is 16.8. The van der Waals surface area contributed by atoms with E-state index in [1.165, 1.54) is 0 Å². The van der Waals surface area contributed by atoms with Gasteiger partial charge in [-0.05, 0) is 12.8 Å². The largest absolute Gasteiger partial charge is 0.390 e. The second-order valence-corrected chi connectivity index (χ2v) is 3.65. The second kappa shape index (κ2) is 7.78. The Balaban J connectivity index is 0.00000256. The Kier molecular flexibility index (Phi) is 7.56. The van der Waals surface area contributed by atoms with Crippen LogP contribution in [0.1, 0.15) is 19.3 Å². The van der Waals surface area contributed by atoms with Crippen LogP contribution < -0.4 is 10.6 Å². The molecule has 0 aliphatic heterocycles. The molecule has 0 aromatic heterocycles. The molecule has 0 heterocycles. The number of nitrogens with one attached hydrogen (secondary N) is 2. The summed E-state index contributed by atoms with van der Waals surface area (Å²) in [5, 5.41) is 5.70. The van der Waals surface area contributed by atoms with Crippen molar-refractivity contribution >= 4 is 29.9 Å². The van der Waals surface area contributed by atoms with E-state index in [4.69, 9.17) is 0 Å². The lowest BCUT2D eigenvalue weighted by molar-refractivity contribution is -0.132. The Bertz CT molecular complexity index is 268. The van der Waals surface area contributed by atoms with E-state index in [2.05, 4.69) is 15.6 Å². The maximum Gasteiger partial charge on any atom is 0.390 e. The number of hydrogen-bond acceptors (Lipinski definition) is 1. The van der Waals surface area contributed by atoms with Crippen LogP contribution >= 0.6 is 24.0 Å². The molecule has 0 saturated heterocycles. The number of halogens is 4. The molecule has 1 aliphatic rings. The van der Waals surface area contributed by atoms with E-state index in [0.717, 1.165) is 12.8 Å². The number of rotatable bonds is 3. The molecule has 100 valence electrons. The van der Waals surface area contributed by atoms with Gasteiger partial charge in [0, 0.05) is 19.6 Å². The number of hydrogen-bond donors (Lipinski definition) is 2. The highest BCUT2D eigenvalue weighted by atomic mass is 127. The van der Waals surface area contributed by atoms with Crippen LogP contribution in [0.2, 0.25) is 0 Å². The first-order valence-corrected chi connectivity index (χ1v) is 5.20. The molecule has 0 spiro atoms. The monoisotopic (exact) mass is 363 g/mol. The highest BCUT2D eigenvalue weighted by molar-refractivity contribution is 14.0. The fourth-order valence-corrected chi connectivity index (χ4v) is 1.45. The van der Waals surface area contributed by atoms with Crippen LogP contribution in [0.25, 0.3) is 0 Å². The zero-order valence-electron chi connectivity index (χ0n) is 9.55. The number of aliphatic imine (C=N–C) groups is 1. The van der Waals surface area contributed by atoms with Crippen LogP contribution in [0.5, 0.6) is 0 Å². The predicted molar refractivity (Wildman–Crippen MR) is 72.7 cm³/mol. The number of guanidine groups is 1. The molecule has 3 nitrogen and oxygen atoms in total. The van der Waals surface area contributed by atoms with Crippen molar-refractivity contribution in [3.05, 3.63) is 12.2 Å². The second-order valence-electron chi connectivity index (χ2n) is 3.65. The smallest absolute Gasteiger partial charge is 0.356 e. The van der Waals surface area contributed by atoms with Crippen LogP contribution in [-0.2, 0) is 0 Å². The third-order valence-electron chi connectivity index (χ3n) is 2.27. The van der Waals surface area contributed by atoms with E-state index in [0.29, 0.717) is 5.96 Å². The van der Waals surface area contributed by atoms with Crippen molar-refractivity contribution in [2.45, 2.75) is 31.5 Å². The molecule has 0 atom stereocenters. The van der Waals surface area contributed by atoms with Crippen molar-refractivity contribution in [1.29, 1.82) is 0 Å². The summed E-state index contributed by atoms with van der Waals surface area (Å²) in [6.45, 7) is -0.149. The minimum atomic E-state index is -4.12. The van der Waals surface area contributed by atoms with Gasteiger partial charge in [0.2, 0.25) is 0 Å². The van der Waals surface area contributed by atoms with Gasteiger partial charge in [-0.3, -0.25) is 4.99 Å². The topological polar surface area (TPSA) is 36.4 Å². The molecule has 7 heteroatoms. The predicted octanol–water partition coefficient (Wildman–Crippen LogP) is 2.44. The van der Waals surface area contributed by atoms with Gasteiger partial charge in [0.1, 0.15) is 0 Å². The molecule has 1 aliphatic carbocycles. The van der Waals surface area contributed by atoms with Gasteiger partial charge in [-0.1, -0.05) is 12.2 Å². The standard InChI is InChI=1S/C10H16F3N3.HI/c1-14-9(15-7-6-10(11,12)13)16-8-4-2-3-5-8;/h2-3,8H,4-7H2,1H3,(H2,14,15,16);1H. The molecule has 0 aromatic rings. The van der Waals surface area contributed by atoms with Gasteiger partial charge in [0.25, 0.3) is 0 Å². The zero-order valence-corrected chi connectivity index (χ0v) is 11.9. The third kappa shape index (κ3) is 7.45. The van der Waals surface area contributed by atoms with Gasteiger partial charge >= 0.3 is 6.18 Å². The Hall–Kier alpha value is -0.470. The molecular weight excluding hydrogens is 346 g/mol. The van der Waals surface area contributed by atoms with E-state index >= 15 is 0 Å². The lowest BCUT2D eigenvalue weighted by atomic mass is 10.2. The average molecular weight is 363 g/mol. The lowest BCUT2D eigenvalue weighted by Gasteiger charge is -2.17. The van der Waals surface area contributed by atoms with Crippen molar-refractivity contribution in [1.82, 2.24) is 10.6 Å². The SMILES string of the molecule is CN=C(NCCC(F)(F)F)NC1CC=CC1.I. The first-order valence-electron chi connectivity index (χ1n) is 5.20. The van der Waals surface area contributed by atoms with Crippen molar-refractivity contribution in [2.75, 3.05) is 13.6 Å². The Morgan fingerprint density at radius 1 is 1.35 bits per heavy atom. The van der Waals surface area contributed by atoms with E-state index in [9.17, 15) is 13.2 Å². The molecule has 0 aromatic carbocycles. The highest BCUT2D eigenvalue weighted by Crippen LogP contribution is 2.18. The summed E-state index contributed by atoms with van der Waals surface area (Å²) in [5.41, 5.74) is 0. The van der Waals surface area contributed by atoms with Crippen LogP contribution in [0, 0.1) is 0 Å². The molecule has 0 fully saturated rings. The highest BCUT2D eigenvalue weighted by Gasteiger charge is 2.26. The summed E-state index contributed by atoms with van der Waals surface area (Å²) in [6, 6.07) is 0.247. The summed E-state index contributed by atoms with van der Waals surface area (Å²) < 4.78 is 35.7. The van der Waals surface area contributed by atoms with E-state index < -0.39 is 12.6 Å². The van der Waals surface area contributed by atoms with Gasteiger partial charge in [0.15, 0.2) is 5.96 Å². The van der Waals surface area contributed by atoms with E-state index in [1.54, 1.807) is 7.05 Å².